The Kier molecular flexibility index (Phi) is 6.32. The quantitative estimate of drug-likeness (QED) is 0.547. The Morgan fingerprint density at radius 2 is 1.71 bits per heavy atom. The zero-order valence-electron chi connectivity index (χ0n) is 9.15. The van der Waals surface area contributed by atoms with Crippen LogP contribution in [0.5, 0.6) is 0 Å². The smallest absolute Gasteiger partial charge is 0.0164 e. The van der Waals surface area contributed by atoms with E-state index in [1.54, 1.807) is 0 Å². The molecule has 82 valence electrons. The maximum Gasteiger partial charge on any atom is 0.0164 e. The van der Waals surface area contributed by atoms with Crippen LogP contribution in [0.15, 0.2) is 12.2 Å². The molecule has 1 aliphatic rings. The van der Waals surface area contributed by atoms with E-state index in [9.17, 15) is 0 Å². The monoisotopic (exact) mass is 214 g/mol. The molecule has 0 radical (unpaired) electrons. The first-order valence-electron chi connectivity index (χ1n) is 5.57. The molecule has 0 N–H and O–H groups in total. The van der Waals surface area contributed by atoms with E-state index in [2.05, 4.69) is 41.5 Å². The number of thiol groups is 1. The van der Waals surface area contributed by atoms with Crippen molar-refractivity contribution in [2.75, 3.05) is 45.0 Å². The van der Waals surface area contributed by atoms with Gasteiger partial charge in [-0.2, -0.15) is 12.6 Å². The fraction of sp³-hybridized carbons (Fsp3) is 0.818. The van der Waals surface area contributed by atoms with Crippen LogP contribution >= 0.6 is 12.6 Å². The van der Waals surface area contributed by atoms with Gasteiger partial charge in [-0.25, -0.2) is 0 Å². The van der Waals surface area contributed by atoms with Crippen molar-refractivity contribution < 1.29 is 0 Å². The van der Waals surface area contributed by atoms with E-state index in [4.69, 9.17) is 0 Å². The maximum atomic E-state index is 4.15. The molecule has 1 saturated heterocycles. The van der Waals surface area contributed by atoms with Crippen LogP contribution < -0.4 is 0 Å². The molecule has 0 bridgehead atoms. The lowest BCUT2D eigenvalue weighted by Crippen LogP contribution is -2.46. The van der Waals surface area contributed by atoms with Crippen LogP contribution in [0, 0.1) is 0 Å². The summed E-state index contributed by atoms with van der Waals surface area (Å²) in [6, 6.07) is 0. The summed E-state index contributed by atoms with van der Waals surface area (Å²) in [6.45, 7) is 9.53. The van der Waals surface area contributed by atoms with E-state index in [1.807, 2.05) is 0 Å². The first-order valence-corrected chi connectivity index (χ1v) is 6.20. The highest BCUT2D eigenvalue weighted by molar-refractivity contribution is 7.80. The van der Waals surface area contributed by atoms with E-state index in [1.165, 1.54) is 39.1 Å². The molecule has 14 heavy (non-hydrogen) atoms. The zero-order valence-corrected chi connectivity index (χ0v) is 10.0. The predicted octanol–water partition coefficient (Wildman–Crippen LogP) is 1.50. The van der Waals surface area contributed by atoms with E-state index in [0.717, 1.165) is 12.3 Å². The van der Waals surface area contributed by atoms with E-state index in [-0.39, 0.29) is 0 Å². The van der Waals surface area contributed by atoms with Crippen LogP contribution in [-0.2, 0) is 0 Å². The van der Waals surface area contributed by atoms with E-state index in [0.29, 0.717) is 0 Å². The maximum absolute atomic E-state index is 4.15. The Morgan fingerprint density at radius 3 is 2.29 bits per heavy atom. The highest BCUT2D eigenvalue weighted by Gasteiger charge is 2.14. The van der Waals surface area contributed by atoms with Gasteiger partial charge in [-0.15, -0.1) is 0 Å². The average molecular weight is 214 g/mol. The highest BCUT2D eigenvalue weighted by atomic mass is 32.1. The largest absolute Gasteiger partial charge is 0.301 e. The van der Waals surface area contributed by atoms with Crippen LogP contribution in [0.2, 0.25) is 0 Å². The Balaban J connectivity index is 2.12. The standard InChI is InChI=1S/C11H22N2S/c1-2-5-12-7-9-13(10-8-12)6-3-4-11-14/h3-4,14H,2,5-11H2,1H3/b4-3+. The molecular formula is C11H22N2S. The second-order valence-electron chi connectivity index (χ2n) is 3.80. The Morgan fingerprint density at radius 1 is 1.07 bits per heavy atom. The summed E-state index contributed by atoms with van der Waals surface area (Å²) in [5.74, 6) is 0.857. The Labute approximate surface area is 93.4 Å². The lowest BCUT2D eigenvalue weighted by atomic mass is 10.3. The first-order chi connectivity index (χ1) is 6.86. The first kappa shape index (κ1) is 12.1. The second kappa shape index (κ2) is 7.32. The minimum atomic E-state index is 0.857. The van der Waals surface area contributed by atoms with Crippen LogP contribution in [0.4, 0.5) is 0 Å². The lowest BCUT2D eigenvalue weighted by molar-refractivity contribution is 0.143. The van der Waals surface area contributed by atoms with Gasteiger partial charge in [0, 0.05) is 38.5 Å². The SMILES string of the molecule is CCCN1CCN(C/C=C/CS)CC1. The molecule has 1 heterocycles. The van der Waals surface area contributed by atoms with Crippen LogP contribution in [-0.4, -0.2) is 54.8 Å². The summed E-state index contributed by atoms with van der Waals surface area (Å²) in [7, 11) is 0. The van der Waals surface area contributed by atoms with Gasteiger partial charge >= 0.3 is 0 Å². The van der Waals surface area contributed by atoms with Gasteiger partial charge in [0.25, 0.3) is 0 Å². The summed E-state index contributed by atoms with van der Waals surface area (Å²) in [5.41, 5.74) is 0. The minimum absolute atomic E-state index is 0.857. The van der Waals surface area contributed by atoms with Crippen LogP contribution in [0.3, 0.4) is 0 Å². The van der Waals surface area contributed by atoms with Gasteiger partial charge in [-0.1, -0.05) is 19.1 Å². The second-order valence-corrected chi connectivity index (χ2v) is 4.16. The zero-order chi connectivity index (χ0) is 10.2. The normalized spacial score (nSPS) is 20.7. The molecule has 1 rings (SSSR count). The van der Waals surface area contributed by atoms with Gasteiger partial charge in [-0.3, -0.25) is 4.90 Å². The van der Waals surface area contributed by atoms with Crippen molar-refractivity contribution in [1.82, 2.24) is 9.80 Å². The van der Waals surface area contributed by atoms with Crippen molar-refractivity contribution >= 4 is 12.6 Å². The summed E-state index contributed by atoms with van der Waals surface area (Å²) in [6.07, 6.45) is 5.63. The third-order valence-electron chi connectivity index (χ3n) is 2.64. The van der Waals surface area contributed by atoms with Gasteiger partial charge < -0.3 is 4.90 Å². The molecule has 0 spiro atoms. The van der Waals surface area contributed by atoms with E-state index >= 15 is 0 Å². The molecule has 2 nitrogen and oxygen atoms in total. The fourth-order valence-corrected chi connectivity index (χ4v) is 1.96. The molecule has 0 aromatic carbocycles. The van der Waals surface area contributed by atoms with Crippen molar-refractivity contribution in [2.45, 2.75) is 13.3 Å². The number of hydrogen-bond donors (Lipinski definition) is 1. The van der Waals surface area contributed by atoms with Gasteiger partial charge in [0.05, 0.1) is 0 Å². The van der Waals surface area contributed by atoms with Gasteiger partial charge in [0.15, 0.2) is 0 Å². The fourth-order valence-electron chi connectivity index (χ4n) is 1.81. The molecule has 0 saturated carbocycles. The highest BCUT2D eigenvalue weighted by Crippen LogP contribution is 2.02. The molecular weight excluding hydrogens is 192 g/mol. The predicted molar refractivity (Wildman–Crippen MR) is 66.2 cm³/mol. The van der Waals surface area contributed by atoms with Crippen molar-refractivity contribution in [1.29, 1.82) is 0 Å². The molecule has 1 aliphatic heterocycles. The summed E-state index contributed by atoms with van der Waals surface area (Å²) in [4.78, 5) is 5.06. The molecule has 0 unspecified atom stereocenters. The molecule has 1 fully saturated rings. The van der Waals surface area contributed by atoms with Gasteiger partial charge in [0.2, 0.25) is 0 Å². The molecule has 3 heteroatoms. The number of hydrogen-bond acceptors (Lipinski definition) is 3. The minimum Gasteiger partial charge on any atom is -0.301 e. The summed E-state index contributed by atoms with van der Waals surface area (Å²) < 4.78 is 0. The third kappa shape index (κ3) is 4.49. The average Bonchev–Trinajstić information content (AvgIpc) is 2.21. The topological polar surface area (TPSA) is 6.48 Å². The van der Waals surface area contributed by atoms with Crippen molar-refractivity contribution in [3.8, 4) is 0 Å². The van der Waals surface area contributed by atoms with Crippen molar-refractivity contribution in [3.63, 3.8) is 0 Å². The molecule has 0 aromatic heterocycles. The summed E-state index contributed by atoms with van der Waals surface area (Å²) in [5, 5.41) is 0. The Bertz CT molecular complexity index is 163. The molecule has 0 aliphatic carbocycles. The molecule has 0 aromatic rings. The number of rotatable bonds is 5. The van der Waals surface area contributed by atoms with Crippen LogP contribution in [0.25, 0.3) is 0 Å². The molecule has 0 amide bonds. The lowest BCUT2D eigenvalue weighted by Gasteiger charge is -2.33. The van der Waals surface area contributed by atoms with Gasteiger partial charge in [-0.05, 0) is 13.0 Å². The van der Waals surface area contributed by atoms with Crippen molar-refractivity contribution in [2.24, 2.45) is 0 Å². The van der Waals surface area contributed by atoms with Gasteiger partial charge in [0.1, 0.15) is 0 Å². The van der Waals surface area contributed by atoms with Crippen molar-refractivity contribution in [3.05, 3.63) is 12.2 Å². The number of nitrogens with zero attached hydrogens (tertiary/aromatic N) is 2. The summed E-state index contributed by atoms with van der Waals surface area (Å²) >= 11 is 4.15. The molecule has 0 atom stereocenters. The Hall–Kier alpha value is 0.01000. The van der Waals surface area contributed by atoms with Crippen LogP contribution in [0.1, 0.15) is 13.3 Å². The number of piperazine rings is 1. The van der Waals surface area contributed by atoms with E-state index < -0.39 is 0 Å². The third-order valence-corrected chi connectivity index (χ3v) is 2.85.